The first-order valence-electron chi connectivity index (χ1n) is 8.22. The van der Waals surface area contributed by atoms with Crippen LogP contribution in [-0.4, -0.2) is 36.0 Å². The largest absolute Gasteiger partial charge is 0.374 e. The van der Waals surface area contributed by atoms with Crippen molar-refractivity contribution in [3.05, 3.63) is 35.4 Å². The molecule has 0 spiro atoms. The van der Waals surface area contributed by atoms with Crippen LogP contribution in [0, 0.1) is 5.92 Å². The SMILES string of the molecule is CC1CCN(C(=O)c2ccc(COC(C)C)cc2)C(CN)C1.Cl. The molecule has 2 N–H and O–H groups in total. The first-order valence-corrected chi connectivity index (χ1v) is 8.22. The molecule has 1 fully saturated rings. The average molecular weight is 341 g/mol. The maximum Gasteiger partial charge on any atom is 0.254 e. The number of amides is 1. The predicted molar refractivity (Wildman–Crippen MR) is 95.9 cm³/mol. The van der Waals surface area contributed by atoms with E-state index in [1.165, 1.54) is 0 Å². The lowest BCUT2D eigenvalue weighted by molar-refractivity contribution is 0.0572. The van der Waals surface area contributed by atoms with Gasteiger partial charge in [-0.1, -0.05) is 19.1 Å². The highest BCUT2D eigenvalue weighted by atomic mass is 35.5. The number of nitrogens with zero attached hydrogens (tertiary/aromatic N) is 1. The molecule has 1 aromatic carbocycles. The van der Waals surface area contributed by atoms with E-state index in [2.05, 4.69) is 6.92 Å². The standard InChI is InChI=1S/C18H28N2O2.ClH/c1-13(2)22-12-15-4-6-16(7-5-15)18(21)20-9-8-14(3)10-17(20)11-19;/h4-7,13-14,17H,8-12,19H2,1-3H3;1H. The zero-order valence-corrected chi connectivity index (χ0v) is 15.1. The van der Waals surface area contributed by atoms with E-state index >= 15 is 0 Å². The molecule has 0 aromatic heterocycles. The summed E-state index contributed by atoms with van der Waals surface area (Å²) < 4.78 is 5.58. The number of hydrogen-bond acceptors (Lipinski definition) is 3. The second kappa shape index (κ2) is 9.26. The zero-order valence-electron chi connectivity index (χ0n) is 14.3. The van der Waals surface area contributed by atoms with Gasteiger partial charge in [-0.2, -0.15) is 0 Å². The molecule has 0 radical (unpaired) electrons. The summed E-state index contributed by atoms with van der Waals surface area (Å²) in [5, 5.41) is 0. The maximum atomic E-state index is 12.7. The number of halogens is 1. The molecule has 1 aromatic rings. The smallest absolute Gasteiger partial charge is 0.254 e. The topological polar surface area (TPSA) is 55.6 Å². The fourth-order valence-electron chi connectivity index (χ4n) is 2.91. The molecule has 1 saturated heterocycles. The lowest BCUT2D eigenvalue weighted by Crippen LogP contribution is -2.49. The van der Waals surface area contributed by atoms with Gasteiger partial charge in [-0.25, -0.2) is 0 Å². The summed E-state index contributed by atoms with van der Waals surface area (Å²) in [6.45, 7) is 8.19. The van der Waals surface area contributed by atoms with E-state index < -0.39 is 0 Å². The fourth-order valence-corrected chi connectivity index (χ4v) is 2.91. The first-order chi connectivity index (χ1) is 10.5. The van der Waals surface area contributed by atoms with E-state index in [0.717, 1.165) is 30.5 Å². The molecule has 0 bridgehead atoms. The van der Waals surface area contributed by atoms with E-state index in [0.29, 0.717) is 19.1 Å². The van der Waals surface area contributed by atoms with Crippen LogP contribution in [0.15, 0.2) is 24.3 Å². The summed E-state index contributed by atoms with van der Waals surface area (Å²) in [5.41, 5.74) is 7.68. The lowest BCUT2D eigenvalue weighted by Gasteiger charge is -2.38. The summed E-state index contributed by atoms with van der Waals surface area (Å²) in [7, 11) is 0. The Bertz CT molecular complexity index is 490. The number of ether oxygens (including phenoxy) is 1. The van der Waals surface area contributed by atoms with E-state index in [-0.39, 0.29) is 30.5 Å². The van der Waals surface area contributed by atoms with Gasteiger partial charge in [0.2, 0.25) is 0 Å². The van der Waals surface area contributed by atoms with Gasteiger partial charge in [-0.15, -0.1) is 12.4 Å². The average Bonchev–Trinajstić information content (AvgIpc) is 2.52. The van der Waals surface area contributed by atoms with Crippen molar-refractivity contribution < 1.29 is 9.53 Å². The highest BCUT2D eigenvalue weighted by molar-refractivity contribution is 5.94. The lowest BCUT2D eigenvalue weighted by atomic mass is 9.92. The van der Waals surface area contributed by atoms with Crippen LogP contribution in [0.25, 0.3) is 0 Å². The molecular weight excluding hydrogens is 312 g/mol. The molecule has 130 valence electrons. The van der Waals surface area contributed by atoms with Gasteiger partial charge in [0.25, 0.3) is 5.91 Å². The fraction of sp³-hybridized carbons (Fsp3) is 0.611. The second-order valence-electron chi connectivity index (χ2n) is 6.57. The third kappa shape index (κ3) is 5.48. The highest BCUT2D eigenvalue weighted by Crippen LogP contribution is 2.23. The number of piperidine rings is 1. The molecular formula is C18H29ClN2O2. The van der Waals surface area contributed by atoms with E-state index in [1.54, 1.807) is 0 Å². The van der Waals surface area contributed by atoms with Crippen LogP contribution in [0.1, 0.15) is 49.5 Å². The Labute approximate surface area is 145 Å². The van der Waals surface area contributed by atoms with Gasteiger partial charge in [0.15, 0.2) is 0 Å². The van der Waals surface area contributed by atoms with Crippen LogP contribution in [0.4, 0.5) is 0 Å². The highest BCUT2D eigenvalue weighted by Gasteiger charge is 2.29. The van der Waals surface area contributed by atoms with Crippen LogP contribution in [0.5, 0.6) is 0 Å². The van der Waals surface area contributed by atoms with Crippen molar-refractivity contribution >= 4 is 18.3 Å². The Morgan fingerprint density at radius 2 is 2.00 bits per heavy atom. The number of rotatable bonds is 5. The maximum absolute atomic E-state index is 12.7. The normalized spacial score (nSPS) is 21.2. The van der Waals surface area contributed by atoms with Gasteiger partial charge >= 0.3 is 0 Å². The third-order valence-electron chi connectivity index (χ3n) is 4.30. The van der Waals surface area contributed by atoms with Crippen LogP contribution in [0.2, 0.25) is 0 Å². The second-order valence-corrected chi connectivity index (χ2v) is 6.57. The molecule has 2 rings (SSSR count). The van der Waals surface area contributed by atoms with Gasteiger partial charge in [-0.3, -0.25) is 4.79 Å². The summed E-state index contributed by atoms with van der Waals surface area (Å²) in [4.78, 5) is 14.6. The van der Waals surface area contributed by atoms with E-state index in [9.17, 15) is 4.79 Å². The molecule has 1 amide bonds. The van der Waals surface area contributed by atoms with Gasteiger partial charge in [0, 0.05) is 24.7 Å². The monoisotopic (exact) mass is 340 g/mol. The predicted octanol–water partition coefficient (Wildman–Crippen LogP) is 3.23. The van der Waals surface area contributed by atoms with Crippen molar-refractivity contribution in [3.8, 4) is 0 Å². The number of hydrogen-bond donors (Lipinski definition) is 1. The molecule has 23 heavy (non-hydrogen) atoms. The Kier molecular flexibility index (Phi) is 8.03. The summed E-state index contributed by atoms with van der Waals surface area (Å²) in [6, 6.07) is 7.90. The molecule has 1 aliphatic rings. The Balaban J connectivity index is 0.00000264. The van der Waals surface area contributed by atoms with Crippen molar-refractivity contribution in [1.29, 1.82) is 0 Å². The molecule has 1 heterocycles. The third-order valence-corrected chi connectivity index (χ3v) is 4.30. The number of carbonyl (C=O) groups is 1. The van der Waals surface area contributed by atoms with Gasteiger partial charge in [-0.05, 0) is 50.3 Å². The molecule has 4 nitrogen and oxygen atoms in total. The molecule has 5 heteroatoms. The Morgan fingerprint density at radius 3 is 2.57 bits per heavy atom. The quantitative estimate of drug-likeness (QED) is 0.895. The van der Waals surface area contributed by atoms with Crippen molar-refractivity contribution in [2.75, 3.05) is 13.1 Å². The van der Waals surface area contributed by atoms with Gasteiger partial charge < -0.3 is 15.4 Å². The van der Waals surface area contributed by atoms with E-state index in [4.69, 9.17) is 10.5 Å². The van der Waals surface area contributed by atoms with Crippen LogP contribution in [0.3, 0.4) is 0 Å². The number of likely N-dealkylation sites (tertiary alicyclic amines) is 1. The van der Waals surface area contributed by atoms with Crippen LogP contribution < -0.4 is 5.73 Å². The Hall–Kier alpha value is -1.10. The molecule has 0 saturated carbocycles. The number of carbonyl (C=O) groups excluding carboxylic acids is 1. The minimum absolute atomic E-state index is 0. The van der Waals surface area contributed by atoms with Gasteiger partial charge in [0.1, 0.15) is 0 Å². The zero-order chi connectivity index (χ0) is 16.1. The minimum atomic E-state index is 0. The first kappa shape index (κ1) is 19.9. The molecule has 2 atom stereocenters. The van der Waals surface area contributed by atoms with Gasteiger partial charge in [0.05, 0.1) is 12.7 Å². The minimum Gasteiger partial charge on any atom is -0.374 e. The van der Waals surface area contributed by atoms with Crippen molar-refractivity contribution in [2.24, 2.45) is 11.7 Å². The molecule has 1 aliphatic heterocycles. The van der Waals surface area contributed by atoms with Crippen LogP contribution in [-0.2, 0) is 11.3 Å². The summed E-state index contributed by atoms with van der Waals surface area (Å²) in [6.07, 6.45) is 2.27. The van der Waals surface area contributed by atoms with Crippen molar-refractivity contribution in [1.82, 2.24) is 4.90 Å². The summed E-state index contributed by atoms with van der Waals surface area (Å²) >= 11 is 0. The Morgan fingerprint density at radius 1 is 1.35 bits per heavy atom. The van der Waals surface area contributed by atoms with Crippen molar-refractivity contribution in [2.45, 2.75) is 52.4 Å². The molecule has 0 aliphatic carbocycles. The number of benzene rings is 1. The summed E-state index contributed by atoms with van der Waals surface area (Å²) in [5.74, 6) is 0.742. The molecule has 2 unspecified atom stereocenters. The van der Waals surface area contributed by atoms with Crippen LogP contribution >= 0.6 is 12.4 Å². The van der Waals surface area contributed by atoms with E-state index in [1.807, 2.05) is 43.0 Å². The number of nitrogens with two attached hydrogens (primary N) is 1. The van der Waals surface area contributed by atoms with Crippen molar-refractivity contribution in [3.63, 3.8) is 0 Å².